The molecule has 3 rings (SSSR count). The summed E-state index contributed by atoms with van der Waals surface area (Å²) in [6.45, 7) is 3.29. The first-order valence-electron chi connectivity index (χ1n) is 11.3. The summed E-state index contributed by atoms with van der Waals surface area (Å²) in [6, 6.07) is 4.15. The quantitative estimate of drug-likeness (QED) is 0.622. The van der Waals surface area contributed by atoms with E-state index in [1.54, 1.807) is 19.1 Å². The third-order valence-electron chi connectivity index (χ3n) is 6.45. The Hall–Kier alpha value is -1.64. The average Bonchev–Trinajstić information content (AvgIpc) is 3.27. The first-order chi connectivity index (χ1) is 15.4. The lowest BCUT2D eigenvalue weighted by Gasteiger charge is -2.37. The molecule has 10 heteroatoms. The highest BCUT2D eigenvalue weighted by molar-refractivity contribution is 7.89. The maximum Gasteiger partial charge on any atom is 0.247 e. The van der Waals surface area contributed by atoms with E-state index in [-0.39, 0.29) is 36.3 Å². The summed E-state index contributed by atoms with van der Waals surface area (Å²) in [5.41, 5.74) is 0.654. The van der Waals surface area contributed by atoms with Crippen molar-refractivity contribution in [3.63, 3.8) is 0 Å². The highest BCUT2D eigenvalue weighted by atomic mass is 32.2. The first kappa shape index (κ1) is 26.0. The van der Waals surface area contributed by atoms with Crippen molar-refractivity contribution in [2.75, 3.05) is 33.0 Å². The number of hydrogen-bond acceptors (Lipinski definition) is 6. The van der Waals surface area contributed by atoms with Gasteiger partial charge in [0.05, 0.1) is 19.4 Å². The van der Waals surface area contributed by atoms with Crippen LogP contribution in [0.25, 0.3) is 0 Å². The summed E-state index contributed by atoms with van der Waals surface area (Å²) in [7, 11) is -5.92. The molecule has 1 aromatic rings. The van der Waals surface area contributed by atoms with Gasteiger partial charge in [-0.3, -0.25) is 0 Å². The fourth-order valence-electron chi connectivity index (χ4n) is 4.17. The number of fused-ring (bicyclic) bond motifs is 1. The van der Waals surface area contributed by atoms with E-state index in [4.69, 9.17) is 4.74 Å². The van der Waals surface area contributed by atoms with Crippen LogP contribution in [0.3, 0.4) is 0 Å². The molecule has 1 saturated carbocycles. The third kappa shape index (κ3) is 6.08. The number of likely N-dealkylation sites (N-methyl/N-ethyl adjacent to an activating group) is 1. The molecule has 1 aromatic carbocycles. The summed E-state index contributed by atoms with van der Waals surface area (Å²) >= 11 is 0. The van der Waals surface area contributed by atoms with Crippen molar-refractivity contribution in [2.24, 2.45) is 11.8 Å². The predicted molar refractivity (Wildman–Crippen MR) is 127 cm³/mol. The monoisotopic (exact) mass is 498 g/mol. The third-order valence-corrected chi connectivity index (χ3v) is 9.75. The number of nitrogens with zero attached hydrogens (tertiary/aromatic N) is 2. The van der Waals surface area contributed by atoms with E-state index in [1.807, 2.05) is 6.92 Å². The smallest absolute Gasteiger partial charge is 0.247 e. The molecule has 184 valence electrons. The molecule has 0 saturated heterocycles. The van der Waals surface area contributed by atoms with Crippen LogP contribution in [0, 0.1) is 23.7 Å². The van der Waals surface area contributed by atoms with E-state index >= 15 is 0 Å². The zero-order valence-electron chi connectivity index (χ0n) is 19.7. The second kappa shape index (κ2) is 10.3. The molecule has 0 aromatic heterocycles. The normalized spacial score (nSPS) is 24.8. The predicted octanol–water partition coefficient (Wildman–Crippen LogP) is 1.89. The molecule has 2 aliphatic rings. The molecule has 33 heavy (non-hydrogen) atoms. The summed E-state index contributed by atoms with van der Waals surface area (Å²) in [5.74, 6) is 6.60. The molecule has 1 heterocycles. The number of hydrogen-bond donors (Lipinski definition) is 1. The van der Waals surface area contributed by atoms with E-state index < -0.39 is 32.2 Å². The van der Waals surface area contributed by atoms with E-state index in [1.165, 1.54) is 34.6 Å². The van der Waals surface area contributed by atoms with Crippen LogP contribution in [0.1, 0.15) is 45.1 Å². The minimum atomic E-state index is -3.95. The van der Waals surface area contributed by atoms with Crippen LogP contribution in [0.4, 0.5) is 0 Å². The van der Waals surface area contributed by atoms with E-state index in [0.717, 1.165) is 19.1 Å². The zero-order chi connectivity index (χ0) is 24.4. The number of benzene rings is 1. The molecule has 8 nitrogen and oxygen atoms in total. The molecular weight excluding hydrogens is 464 g/mol. The number of aliphatic hydroxyl groups excluding tert-OH is 1. The Labute approximate surface area is 198 Å². The lowest BCUT2D eigenvalue weighted by Crippen LogP contribution is -2.50. The van der Waals surface area contributed by atoms with Gasteiger partial charge in [0.1, 0.15) is 16.7 Å². The second-order valence-electron chi connectivity index (χ2n) is 9.20. The van der Waals surface area contributed by atoms with Gasteiger partial charge in [0.2, 0.25) is 20.0 Å². The van der Waals surface area contributed by atoms with Crippen molar-refractivity contribution in [1.29, 1.82) is 0 Å². The van der Waals surface area contributed by atoms with Crippen molar-refractivity contribution < 1.29 is 26.7 Å². The molecule has 1 N–H and O–H groups in total. The molecule has 0 spiro atoms. The Balaban J connectivity index is 2.05. The Kier molecular flexibility index (Phi) is 8.12. The molecule has 0 radical (unpaired) electrons. The van der Waals surface area contributed by atoms with Gasteiger partial charge in [-0.05, 0) is 38.0 Å². The minimum Gasteiger partial charge on any atom is -0.487 e. The molecule has 1 aliphatic carbocycles. The maximum absolute atomic E-state index is 13.5. The lowest BCUT2D eigenvalue weighted by molar-refractivity contribution is 0.0905. The fourth-order valence-corrected chi connectivity index (χ4v) is 6.41. The van der Waals surface area contributed by atoms with Gasteiger partial charge < -0.3 is 9.84 Å². The van der Waals surface area contributed by atoms with Crippen molar-refractivity contribution in [2.45, 2.75) is 56.6 Å². The van der Waals surface area contributed by atoms with Crippen molar-refractivity contribution in [3.05, 3.63) is 23.8 Å². The average molecular weight is 499 g/mol. The van der Waals surface area contributed by atoms with Gasteiger partial charge in [0, 0.05) is 37.0 Å². The minimum absolute atomic E-state index is 0.00637. The van der Waals surface area contributed by atoms with E-state index in [2.05, 4.69) is 11.8 Å². The zero-order valence-corrected chi connectivity index (χ0v) is 21.3. The molecule has 3 atom stereocenters. The molecule has 0 bridgehead atoms. The SMILES string of the molecule is C[C@H](CO)N1C[C@H](C)[C@@H](CN(C)S(C)(=O)=O)Oc2cc(C#CC3CCCC3)ccc2S1(=O)=O. The summed E-state index contributed by atoms with van der Waals surface area (Å²) < 4.78 is 59.6. The van der Waals surface area contributed by atoms with Crippen molar-refractivity contribution in [3.8, 4) is 17.6 Å². The Morgan fingerprint density at radius 2 is 1.97 bits per heavy atom. The topological polar surface area (TPSA) is 104 Å². The number of sulfonamides is 2. The van der Waals surface area contributed by atoms with Gasteiger partial charge in [-0.1, -0.05) is 31.6 Å². The van der Waals surface area contributed by atoms with Crippen LogP contribution in [-0.4, -0.2) is 75.7 Å². The van der Waals surface area contributed by atoms with E-state index in [0.29, 0.717) is 11.5 Å². The van der Waals surface area contributed by atoms with Gasteiger partial charge in [-0.15, -0.1) is 0 Å². The van der Waals surface area contributed by atoms with Crippen LogP contribution in [0.2, 0.25) is 0 Å². The largest absolute Gasteiger partial charge is 0.487 e. The number of rotatable bonds is 5. The Morgan fingerprint density at radius 1 is 1.30 bits per heavy atom. The number of ether oxygens (including phenoxy) is 1. The lowest BCUT2D eigenvalue weighted by atomic mass is 10.0. The summed E-state index contributed by atoms with van der Waals surface area (Å²) in [5, 5.41) is 9.71. The molecular formula is C23H34N2O6S2. The first-order valence-corrected chi connectivity index (χ1v) is 14.6. The fraction of sp³-hybridized carbons (Fsp3) is 0.652. The van der Waals surface area contributed by atoms with Crippen LogP contribution in [-0.2, 0) is 20.0 Å². The van der Waals surface area contributed by atoms with Crippen LogP contribution in [0.15, 0.2) is 23.1 Å². The van der Waals surface area contributed by atoms with Crippen LogP contribution < -0.4 is 4.74 Å². The molecule has 0 amide bonds. The summed E-state index contributed by atoms with van der Waals surface area (Å²) in [6.07, 6.45) is 5.04. The summed E-state index contributed by atoms with van der Waals surface area (Å²) in [4.78, 5) is -0.00637. The number of aliphatic hydroxyl groups is 1. The van der Waals surface area contributed by atoms with Gasteiger partial charge in [0.25, 0.3) is 0 Å². The van der Waals surface area contributed by atoms with Gasteiger partial charge >= 0.3 is 0 Å². The van der Waals surface area contributed by atoms with Crippen LogP contribution in [0.5, 0.6) is 5.75 Å². The second-order valence-corrected chi connectivity index (χ2v) is 13.1. The maximum atomic E-state index is 13.5. The van der Waals surface area contributed by atoms with Gasteiger partial charge in [0.15, 0.2) is 0 Å². The van der Waals surface area contributed by atoms with Gasteiger partial charge in [-0.25, -0.2) is 21.1 Å². The molecule has 1 aliphatic heterocycles. The molecule has 1 fully saturated rings. The highest BCUT2D eigenvalue weighted by Crippen LogP contribution is 2.34. The molecule has 0 unspecified atom stereocenters. The Bertz CT molecular complexity index is 1120. The standard InChI is InChI=1S/C23H34N2O6S2/c1-17-14-25(18(2)16-26)33(29,30)23-12-11-20(10-9-19-7-5-6-8-19)13-21(23)31-22(17)15-24(3)32(4,27)28/h11-13,17-19,22,26H,5-8,14-16H2,1-4H3/t17-,18+,22+/m0/s1. The van der Waals surface area contributed by atoms with Crippen LogP contribution >= 0.6 is 0 Å². The highest BCUT2D eigenvalue weighted by Gasteiger charge is 2.38. The van der Waals surface area contributed by atoms with Gasteiger partial charge in [-0.2, -0.15) is 4.31 Å². The van der Waals surface area contributed by atoms with Crippen molar-refractivity contribution in [1.82, 2.24) is 8.61 Å². The Morgan fingerprint density at radius 3 is 2.58 bits per heavy atom. The van der Waals surface area contributed by atoms with Crippen molar-refractivity contribution >= 4 is 20.0 Å². The van der Waals surface area contributed by atoms with E-state index in [9.17, 15) is 21.9 Å².